The van der Waals surface area contributed by atoms with Gasteiger partial charge in [0.2, 0.25) is 0 Å². The fourth-order valence-electron chi connectivity index (χ4n) is 1.42. The number of aromatic amines is 1. The molecule has 0 saturated heterocycles. The van der Waals surface area contributed by atoms with Gasteiger partial charge < -0.3 is 4.98 Å². The first-order valence-corrected chi connectivity index (χ1v) is 7.27. The average molecular weight is 327 g/mol. The lowest BCUT2D eigenvalue weighted by Gasteiger charge is -2.03. The smallest absolute Gasteiger partial charge is 0.130 e. The number of halogens is 1. The molecule has 2 nitrogen and oxygen atoms in total. The first kappa shape index (κ1) is 12.8. The summed E-state index contributed by atoms with van der Waals surface area (Å²) in [5.41, 5.74) is 1.05. The molecule has 0 amide bonds. The quantitative estimate of drug-likeness (QED) is 0.664. The van der Waals surface area contributed by atoms with E-state index in [1.807, 2.05) is 25.1 Å². The molecular weight excluding hydrogens is 316 g/mol. The van der Waals surface area contributed by atoms with Crippen LogP contribution in [0.15, 0.2) is 39.7 Å². The number of aromatic nitrogens is 2. The third-order valence-electron chi connectivity index (χ3n) is 2.10. The molecule has 0 aliphatic rings. The minimum absolute atomic E-state index is 0.645. The molecule has 0 spiro atoms. The van der Waals surface area contributed by atoms with E-state index in [0.717, 1.165) is 21.7 Å². The van der Waals surface area contributed by atoms with Gasteiger partial charge in [0.05, 0.1) is 5.75 Å². The summed E-state index contributed by atoms with van der Waals surface area (Å²) in [6, 6.07) is 10.1. The van der Waals surface area contributed by atoms with Crippen LogP contribution >= 0.6 is 39.9 Å². The van der Waals surface area contributed by atoms with Gasteiger partial charge in [0.1, 0.15) is 10.5 Å². The maximum atomic E-state index is 5.09. The van der Waals surface area contributed by atoms with E-state index >= 15 is 0 Å². The highest BCUT2D eigenvalue weighted by Gasteiger charge is 1.99. The molecule has 1 N–H and O–H groups in total. The number of rotatable bonds is 3. The second-order valence-electron chi connectivity index (χ2n) is 3.60. The van der Waals surface area contributed by atoms with Crippen molar-refractivity contribution in [3.63, 3.8) is 0 Å². The summed E-state index contributed by atoms with van der Waals surface area (Å²) in [5, 5.41) is 0. The molecule has 0 aliphatic heterocycles. The maximum Gasteiger partial charge on any atom is 0.130 e. The Kier molecular flexibility index (Phi) is 4.36. The van der Waals surface area contributed by atoms with Crippen LogP contribution < -0.4 is 0 Å². The summed E-state index contributed by atoms with van der Waals surface area (Å²) in [6.07, 6.45) is 0. The van der Waals surface area contributed by atoms with E-state index in [1.54, 1.807) is 11.8 Å². The number of hydrogen-bond donors (Lipinski definition) is 1. The summed E-state index contributed by atoms with van der Waals surface area (Å²) in [5.74, 6) is 1.71. The Labute approximate surface area is 118 Å². The minimum atomic E-state index is 0.645. The predicted octanol–water partition coefficient (Wildman–Crippen LogP) is 4.50. The van der Waals surface area contributed by atoms with Crippen LogP contribution in [0.1, 0.15) is 11.5 Å². The van der Waals surface area contributed by atoms with Gasteiger partial charge in [0, 0.05) is 15.1 Å². The van der Waals surface area contributed by atoms with Gasteiger partial charge in [0.15, 0.2) is 0 Å². The number of aryl methyl sites for hydroxylation is 1. The van der Waals surface area contributed by atoms with E-state index in [1.165, 1.54) is 4.90 Å². The summed E-state index contributed by atoms with van der Waals surface area (Å²) in [4.78, 5) is 8.73. The number of benzene rings is 1. The molecule has 1 heterocycles. The van der Waals surface area contributed by atoms with Gasteiger partial charge in [-0.15, -0.1) is 11.8 Å². The summed E-state index contributed by atoms with van der Waals surface area (Å²) >= 11 is 10.3. The van der Waals surface area contributed by atoms with Crippen LogP contribution in [-0.2, 0) is 5.75 Å². The molecule has 0 atom stereocenters. The number of nitrogens with zero attached hydrogens (tertiary/aromatic N) is 1. The zero-order valence-electron chi connectivity index (χ0n) is 9.24. The van der Waals surface area contributed by atoms with Crippen LogP contribution in [0.4, 0.5) is 0 Å². The molecule has 0 bridgehead atoms. The van der Waals surface area contributed by atoms with Crippen molar-refractivity contribution in [2.24, 2.45) is 0 Å². The minimum Gasteiger partial charge on any atom is -0.347 e. The molecule has 0 aliphatic carbocycles. The zero-order chi connectivity index (χ0) is 12.3. The standard InChI is InChI=1S/C12H11BrN2S2/c1-8-5-12(16)15-11(14-8)7-17-10-4-2-3-9(13)6-10/h2-6H,7H2,1H3,(H,14,15,16). The Hall–Kier alpha value is -0.650. The fraction of sp³-hybridized carbons (Fsp3) is 0.167. The average Bonchev–Trinajstić information content (AvgIpc) is 2.25. The monoisotopic (exact) mass is 326 g/mol. The Morgan fingerprint density at radius 2 is 2.24 bits per heavy atom. The van der Waals surface area contributed by atoms with Gasteiger partial charge in [0.25, 0.3) is 0 Å². The van der Waals surface area contributed by atoms with Crippen LogP contribution in [0.3, 0.4) is 0 Å². The van der Waals surface area contributed by atoms with Crippen LogP contribution in [0.2, 0.25) is 0 Å². The summed E-state index contributed by atoms with van der Waals surface area (Å²) in [6.45, 7) is 1.99. The second-order valence-corrected chi connectivity index (χ2v) is 5.98. The molecular formula is C12H11BrN2S2. The van der Waals surface area contributed by atoms with E-state index in [0.29, 0.717) is 4.64 Å². The number of H-pyrrole nitrogens is 1. The molecule has 0 radical (unpaired) electrons. The van der Waals surface area contributed by atoms with Crippen LogP contribution in [0.25, 0.3) is 0 Å². The SMILES string of the molecule is Cc1cc(=S)nc(CSc2cccc(Br)c2)[nH]1. The molecule has 1 aromatic carbocycles. The highest BCUT2D eigenvalue weighted by Crippen LogP contribution is 2.24. The topological polar surface area (TPSA) is 28.7 Å². The van der Waals surface area contributed by atoms with Gasteiger partial charge in [-0.1, -0.05) is 34.2 Å². The molecule has 17 heavy (non-hydrogen) atoms. The second kappa shape index (κ2) is 5.80. The molecule has 0 saturated carbocycles. The van der Waals surface area contributed by atoms with Crippen molar-refractivity contribution in [2.75, 3.05) is 0 Å². The number of nitrogens with one attached hydrogen (secondary N) is 1. The molecule has 0 fully saturated rings. The lowest BCUT2D eigenvalue weighted by molar-refractivity contribution is 0.986. The lowest BCUT2D eigenvalue weighted by Crippen LogP contribution is -1.94. The Bertz CT molecular complexity index is 581. The molecule has 88 valence electrons. The molecule has 1 aromatic heterocycles. The van der Waals surface area contributed by atoms with E-state index in [2.05, 4.69) is 38.0 Å². The summed E-state index contributed by atoms with van der Waals surface area (Å²) in [7, 11) is 0. The zero-order valence-corrected chi connectivity index (χ0v) is 12.5. The Morgan fingerprint density at radius 3 is 2.94 bits per heavy atom. The Balaban J connectivity index is 2.09. The first-order valence-electron chi connectivity index (χ1n) is 5.09. The van der Waals surface area contributed by atoms with Crippen molar-refractivity contribution >= 4 is 39.9 Å². The lowest BCUT2D eigenvalue weighted by atomic mass is 10.4. The van der Waals surface area contributed by atoms with Crippen molar-refractivity contribution in [2.45, 2.75) is 17.6 Å². The first-order chi connectivity index (χ1) is 8.13. The molecule has 2 rings (SSSR count). The number of thioether (sulfide) groups is 1. The van der Waals surface area contributed by atoms with Crippen LogP contribution in [-0.4, -0.2) is 9.97 Å². The van der Waals surface area contributed by atoms with Gasteiger partial charge in [-0.3, -0.25) is 0 Å². The van der Waals surface area contributed by atoms with E-state index < -0.39 is 0 Å². The molecule has 5 heteroatoms. The summed E-state index contributed by atoms with van der Waals surface area (Å²) < 4.78 is 1.73. The molecule has 2 aromatic rings. The van der Waals surface area contributed by atoms with E-state index in [9.17, 15) is 0 Å². The Morgan fingerprint density at radius 1 is 1.41 bits per heavy atom. The van der Waals surface area contributed by atoms with Gasteiger partial charge in [-0.05, 0) is 31.2 Å². The van der Waals surface area contributed by atoms with Crippen molar-refractivity contribution in [1.29, 1.82) is 0 Å². The van der Waals surface area contributed by atoms with Crippen molar-refractivity contribution in [1.82, 2.24) is 9.97 Å². The third kappa shape index (κ3) is 3.94. The predicted molar refractivity (Wildman–Crippen MR) is 77.9 cm³/mol. The largest absolute Gasteiger partial charge is 0.347 e. The van der Waals surface area contributed by atoms with Gasteiger partial charge in [-0.2, -0.15) is 0 Å². The van der Waals surface area contributed by atoms with Gasteiger partial charge in [-0.25, -0.2) is 4.98 Å². The fourth-order valence-corrected chi connectivity index (χ4v) is 3.08. The number of hydrogen-bond acceptors (Lipinski definition) is 3. The third-order valence-corrected chi connectivity index (χ3v) is 3.81. The van der Waals surface area contributed by atoms with Crippen molar-refractivity contribution in [3.05, 3.63) is 51.0 Å². The molecule has 0 unspecified atom stereocenters. The van der Waals surface area contributed by atoms with E-state index in [4.69, 9.17) is 12.2 Å². The highest BCUT2D eigenvalue weighted by molar-refractivity contribution is 9.10. The van der Waals surface area contributed by atoms with Gasteiger partial charge >= 0.3 is 0 Å². The van der Waals surface area contributed by atoms with E-state index in [-0.39, 0.29) is 0 Å². The van der Waals surface area contributed by atoms with Crippen LogP contribution in [0.5, 0.6) is 0 Å². The maximum absolute atomic E-state index is 5.09. The van der Waals surface area contributed by atoms with Crippen LogP contribution in [0, 0.1) is 11.6 Å². The van der Waals surface area contributed by atoms with Crippen molar-refractivity contribution in [3.8, 4) is 0 Å². The highest BCUT2D eigenvalue weighted by atomic mass is 79.9. The van der Waals surface area contributed by atoms with Crippen molar-refractivity contribution < 1.29 is 0 Å². The normalized spacial score (nSPS) is 10.5.